The lowest BCUT2D eigenvalue weighted by molar-refractivity contribution is -0.926. The molecule has 0 radical (unpaired) electrons. The number of rotatable bonds is 4. The molecular weight excluding hydrogens is 380 g/mol. The van der Waals surface area contributed by atoms with Gasteiger partial charge in [0.2, 0.25) is 10.0 Å². The Morgan fingerprint density at radius 1 is 1.07 bits per heavy atom. The van der Waals surface area contributed by atoms with Gasteiger partial charge in [-0.1, -0.05) is 6.07 Å². The maximum absolute atomic E-state index is 13.1. The van der Waals surface area contributed by atoms with Crippen molar-refractivity contribution in [3.63, 3.8) is 0 Å². The molecule has 0 bridgehead atoms. The van der Waals surface area contributed by atoms with Crippen molar-refractivity contribution in [2.75, 3.05) is 26.2 Å². The first-order valence-corrected chi connectivity index (χ1v) is 11.5. The van der Waals surface area contributed by atoms with Crippen LogP contribution in [0.25, 0.3) is 0 Å². The van der Waals surface area contributed by atoms with Crippen LogP contribution in [0.3, 0.4) is 0 Å². The van der Waals surface area contributed by atoms with Crippen LogP contribution in [0.5, 0.6) is 0 Å². The molecular formula is C19H27N4O2S2+. The van der Waals surface area contributed by atoms with Crippen LogP contribution in [0, 0.1) is 4.77 Å². The predicted molar refractivity (Wildman–Crippen MR) is 107 cm³/mol. The molecule has 2 aliphatic rings. The van der Waals surface area contributed by atoms with Crippen LogP contribution in [-0.2, 0) is 36.6 Å². The molecule has 27 heavy (non-hydrogen) atoms. The first-order chi connectivity index (χ1) is 12.9. The van der Waals surface area contributed by atoms with Crippen LogP contribution in [0.2, 0.25) is 0 Å². The number of piperazine rings is 1. The molecule has 2 heterocycles. The number of hydrogen-bond acceptors (Lipinski definition) is 3. The van der Waals surface area contributed by atoms with Gasteiger partial charge in [0.1, 0.15) is 0 Å². The predicted octanol–water partition coefficient (Wildman–Crippen LogP) is 0.982. The van der Waals surface area contributed by atoms with Gasteiger partial charge in [-0.15, -0.1) is 0 Å². The van der Waals surface area contributed by atoms with Gasteiger partial charge >= 0.3 is 0 Å². The van der Waals surface area contributed by atoms with Gasteiger partial charge in [-0.3, -0.25) is 4.57 Å². The highest BCUT2D eigenvalue weighted by Gasteiger charge is 2.31. The molecule has 4 rings (SSSR count). The second-order valence-corrected chi connectivity index (χ2v) is 9.91. The van der Waals surface area contributed by atoms with E-state index in [4.69, 9.17) is 12.2 Å². The molecule has 1 N–H and O–H groups in total. The summed E-state index contributed by atoms with van der Waals surface area (Å²) in [4.78, 5) is 1.81. The van der Waals surface area contributed by atoms with Gasteiger partial charge in [-0.25, -0.2) is 8.42 Å². The fourth-order valence-electron chi connectivity index (χ4n) is 4.09. The summed E-state index contributed by atoms with van der Waals surface area (Å²) in [5.74, 6) is 0. The van der Waals surface area contributed by atoms with Crippen LogP contribution in [0.15, 0.2) is 35.5 Å². The molecule has 146 valence electrons. The monoisotopic (exact) mass is 407 g/mol. The number of nitrogens with zero attached hydrogens (tertiary/aromatic N) is 3. The van der Waals surface area contributed by atoms with Crippen molar-refractivity contribution in [1.82, 2.24) is 13.4 Å². The zero-order valence-corrected chi connectivity index (χ0v) is 17.4. The Labute approximate surface area is 166 Å². The number of aromatic nitrogens is 2. The summed E-state index contributed by atoms with van der Waals surface area (Å²) in [7, 11) is -1.47. The quantitative estimate of drug-likeness (QED) is 0.769. The summed E-state index contributed by atoms with van der Waals surface area (Å²) < 4.78 is 32.6. The highest BCUT2D eigenvalue weighted by Crippen LogP contribution is 2.25. The molecule has 1 aliphatic heterocycles. The number of sulfonamides is 1. The van der Waals surface area contributed by atoms with Gasteiger partial charge in [-0.05, 0) is 61.2 Å². The van der Waals surface area contributed by atoms with E-state index in [9.17, 15) is 8.42 Å². The van der Waals surface area contributed by atoms with Crippen molar-refractivity contribution in [2.24, 2.45) is 7.05 Å². The van der Waals surface area contributed by atoms with E-state index in [1.54, 1.807) is 10.4 Å². The van der Waals surface area contributed by atoms with Crippen LogP contribution < -0.4 is 4.90 Å². The molecule has 1 fully saturated rings. The maximum atomic E-state index is 13.1. The first-order valence-electron chi connectivity index (χ1n) is 9.62. The normalized spacial score (nSPS) is 19.1. The van der Waals surface area contributed by atoms with E-state index in [2.05, 4.69) is 4.57 Å². The van der Waals surface area contributed by atoms with E-state index in [0.29, 0.717) is 18.0 Å². The van der Waals surface area contributed by atoms with Crippen molar-refractivity contribution in [3.05, 3.63) is 46.5 Å². The second-order valence-electron chi connectivity index (χ2n) is 7.61. The molecule has 0 spiro atoms. The van der Waals surface area contributed by atoms with E-state index in [0.717, 1.165) is 43.8 Å². The van der Waals surface area contributed by atoms with Gasteiger partial charge in [0.05, 0.1) is 31.1 Å². The third-order valence-corrected chi connectivity index (χ3v) is 8.22. The Bertz CT molecular complexity index is 985. The summed E-state index contributed by atoms with van der Waals surface area (Å²) in [5, 5.41) is 0. The minimum atomic E-state index is -3.41. The molecule has 2 aromatic rings. The number of hydrogen-bond donors (Lipinski definition) is 1. The van der Waals surface area contributed by atoms with E-state index in [-0.39, 0.29) is 0 Å². The zero-order valence-electron chi connectivity index (χ0n) is 15.7. The smallest absolute Gasteiger partial charge is 0.243 e. The molecule has 0 atom stereocenters. The van der Waals surface area contributed by atoms with E-state index < -0.39 is 10.0 Å². The van der Waals surface area contributed by atoms with Gasteiger partial charge in [0.15, 0.2) is 11.4 Å². The average molecular weight is 408 g/mol. The lowest BCUT2D eigenvalue weighted by atomic mass is 9.92. The van der Waals surface area contributed by atoms with E-state index in [1.807, 2.05) is 36.1 Å². The lowest BCUT2D eigenvalue weighted by Crippen LogP contribution is -3.14. The third-order valence-electron chi connectivity index (χ3n) is 5.80. The Morgan fingerprint density at radius 3 is 2.44 bits per heavy atom. The summed E-state index contributed by atoms with van der Waals surface area (Å²) in [6, 6.07) is 5.72. The number of fused-ring (bicyclic) bond motifs is 1. The summed E-state index contributed by atoms with van der Waals surface area (Å²) in [6.07, 6.45) is 8.37. The molecule has 1 aliphatic carbocycles. The SMILES string of the molecule is Cn1ccn(C[NH+]2CCN(S(=O)(=O)c3ccc4c(c3)CCCC4)CC2)c1=S. The van der Waals surface area contributed by atoms with Gasteiger partial charge in [0.25, 0.3) is 0 Å². The minimum Gasteiger partial charge on any atom is -0.327 e. The molecule has 0 amide bonds. The summed E-state index contributed by atoms with van der Waals surface area (Å²) in [5.41, 5.74) is 2.53. The van der Waals surface area contributed by atoms with Gasteiger partial charge in [0, 0.05) is 19.4 Å². The molecule has 8 heteroatoms. The summed E-state index contributed by atoms with van der Waals surface area (Å²) in [6.45, 7) is 3.47. The molecule has 0 saturated carbocycles. The number of nitrogens with one attached hydrogen (secondary N) is 1. The Morgan fingerprint density at radius 2 is 1.78 bits per heavy atom. The largest absolute Gasteiger partial charge is 0.327 e. The molecule has 1 saturated heterocycles. The van der Waals surface area contributed by atoms with Crippen LogP contribution >= 0.6 is 12.2 Å². The topological polar surface area (TPSA) is 51.7 Å². The van der Waals surface area contributed by atoms with Gasteiger partial charge in [-0.2, -0.15) is 4.31 Å². The fraction of sp³-hybridized carbons (Fsp3) is 0.526. The summed E-state index contributed by atoms with van der Waals surface area (Å²) >= 11 is 5.40. The van der Waals surface area contributed by atoms with Crippen molar-refractivity contribution in [3.8, 4) is 0 Å². The number of aryl methyl sites for hydroxylation is 3. The fourth-order valence-corrected chi connectivity index (χ4v) is 5.77. The standard InChI is InChI=1S/C19H26N4O2S2/c1-20-8-11-22(19(20)26)15-21-9-12-23(13-10-21)27(24,25)18-7-6-16-4-2-3-5-17(16)14-18/h6-8,11,14H,2-5,9-10,12-13,15H2,1H3/p+1. The van der Waals surface area contributed by atoms with Crippen molar-refractivity contribution in [2.45, 2.75) is 37.2 Å². The van der Waals surface area contributed by atoms with Crippen LogP contribution in [-0.4, -0.2) is 48.0 Å². The first kappa shape index (κ1) is 18.9. The molecule has 6 nitrogen and oxygen atoms in total. The van der Waals surface area contributed by atoms with Crippen molar-refractivity contribution >= 4 is 22.2 Å². The van der Waals surface area contributed by atoms with Crippen LogP contribution in [0.4, 0.5) is 0 Å². The average Bonchev–Trinajstić information content (AvgIpc) is 3.00. The maximum Gasteiger partial charge on any atom is 0.243 e. The number of benzene rings is 1. The van der Waals surface area contributed by atoms with Crippen molar-refractivity contribution in [1.29, 1.82) is 0 Å². The lowest BCUT2D eigenvalue weighted by Gasteiger charge is -2.31. The minimum absolute atomic E-state index is 0.455. The molecule has 1 aromatic heterocycles. The van der Waals surface area contributed by atoms with Crippen LogP contribution in [0.1, 0.15) is 24.0 Å². The van der Waals surface area contributed by atoms with E-state index in [1.165, 1.54) is 22.4 Å². The third kappa shape index (κ3) is 3.76. The van der Waals surface area contributed by atoms with Gasteiger partial charge < -0.3 is 9.47 Å². The molecule has 1 aromatic carbocycles. The number of quaternary nitrogens is 1. The number of imidazole rings is 1. The molecule has 0 unspecified atom stereocenters. The Balaban J connectivity index is 1.44. The Kier molecular flexibility index (Phi) is 5.24. The second kappa shape index (κ2) is 7.50. The highest BCUT2D eigenvalue weighted by atomic mass is 32.2. The Hall–Kier alpha value is -1.48. The zero-order chi connectivity index (χ0) is 19.0. The highest BCUT2D eigenvalue weighted by molar-refractivity contribution is 7.89. The van der Waals surface area contributed by atoms with Crippen molar-refractivity contribution < 1.29 is 13.3 Å². The van der Waals surface area contributed by atoms with E-state index >= 15 is 0 Å².